The molecule has 7 heteroatoms. The molecule has 1 fully saturated rings. The highest BCUT2D eigenvalue weighted by Gasteiger charge is 2.25. The minimum Gasteiger partial charge on any atom is -0.353 e. The van der Waals surface area contributed by atoms with Crippen molar-refractivity contribution in [2.45, 2.75) is 59.5 Å². The Hall–Kier alpha value is -2.70. The average molecular weight is 398 g/mol. The molecule has 0 unspecified atom stereocenters. The standard InChI is InChI=1S/C22H31N5O2/c1-15(2)14-27-17(4)20(16(3)25-27)13-21(28)24-19-7-11-26(12-8-19)22(29)18-5-9-23-10-6-18/h5-6,9-10,15,19H,7-8,11-14H2,1-4H3,(H,24,28). The third kappa shape index (κ3) is 5.22. The summed E-state index contributed by atoms with van der Waals surface area (Å²) in [6.07, 6.45) is 5.16. The number of aryl methyl sites for hydroxylation is 1. The van der Waals surface area contributed by atoms with Crippen LogP contribution in [0.15, 0.2) is 24.5 Å². The molecule has 1 aliphatic heterocycles. The third-order valence-electron chi connectivity index (χ3n) is 5.48. The van der Waals surface area contributed by atoms with E-state index in [4.69, 9.17) is 0 Å². The van der Waals surface area contributed by atoms with Crippen LogP contribution in [0.1, 0.15) is 54.0 Å². The summed E-state index contributed by atoms with van der Waals surface area (Å²) in [5.74, 6) is 0.565. The summed E-state index contributed by atoms with van der Waals surface area (Å²) in [4.78, 5) is 30.9. The lowest BCUT2D eigenvalue weighted by molar-refractivity contribution is -0.121. The van der Waals surface area contributed by atoms with E-state index in [1.54, 1.807) is 24.5 Å². The second-order valence-electron chi connectivity index (χ2n) is 8.27. The van der Waals surface area contributed by atoms with Crippen molar-refractivity contribution in [3.05, 3.63) is 47.0 Å². The number of rotatable bonds is 6. The molecule has 3 heterocycles. The third-order valence-corrected chi connectivity index (χ3v) is 5.48. The Morgan fingerprint density at radius 2 is 1.83 bits per heavy atom. The van der Waals surface area contributed by atoms with Gasteiger partial charge in [0.2, 0.25) is 5.91 Å². The molecule has 7 nitrogen and oxygen atoms in total. The van der Waals surface area contributed by atoms with Gasteiger partial charge in [0.25, 0.3) is 5.91 Å². The molecule has 29 heavy (non-hydrogen) atoms. The molecule has 1 saturated heterocycles. The van der Waals surface area contributed by atoms with Crippen molar-refractivity contribution >= 4 is 11.8 Å². The maximum Gasteiger partial charge on any atom is 0.253 e. The normalized spacial score (nSPS) is 15.0. The van der Waals surface area contributed by atoms with E-state index in [1.807, 2.05) is 23.4 Å². The molecular formula is C22H31N5O2. The van der Waals surface area contributed by atoms with E-state index in [-0.39, 0.29) is 17.9 Å². The van der Waals surface area contributed by atoms with Crippen molar-refractivity contribution in [2.75, 3.05) is 13.1 Å². The predicted octanol–water partition coefficient (Wildman–Crippen LogP) is 2.51. The second-order valence-corrected chi connectivity index (χ2v) is 8.27. The quantitative estimate of drug-likeness (QED) is 0.812. The summed E-state index contributed by atoms with van der Waals surface area (Å²) < 4.78 is 2.01. The Kier molecular flexibility index (Phi) is 6.67. The van der Waals surface area contributed by atoms with Crippen LogP contribution in [0.4, 0.5) is 0 Å². The molecule has 2 aromatic rings. The number of pyridine rings is 1. The van der Waals surface area contributed by atoms with Gasteiger partial charge in [0, 0.05) is 54.9 Å². The fraction of sp³-hybridized carbons (Fsp3) is 0.545. The van der Waals surface area contributed by atoms with Crippen LogP contribution in [0.3, 0.4) is 0 Å². The molecule has 0 bridgehead atoms. The highest BCUT2D eigenvalue weighted by atomic mass is 16.2. The zero-order chi connectivity index (χ0) is 21.0. The van der Waals surface area contributed by atoms with Crippen LogP contribution in [-0.4, -0.2) is 50.6 Å². The van der Waals surface area contributed by atoms with E-state index in [1.165, 1.54) is 0 Å². The maximum atomic E-state index is 12.6. The fourth-order valence-electron chi connectivity index (χ4n) is 3.86. The highest BCUT2D eigenvalue weighted by Crippen LogP contribution is 2.17. The van der Waals surface area contributed by atoms with E-state index in [0.717, 1.165) is 36.3 Å². The molecule has 3 rings (SSSR count). The van der Waals surface area contributed by atoms with Gasteiger partial charge in [0.1, 0.15) is 0 Å². The molecule has 0 spiro atoms. The van der Waals surface area contributed by atoms with E-state index in [2.05, 4.69) is 29.2 Å². The number of carbonyl (C=O) groups excluding carboxylic acids is 2. The molecule has 1 aliphatic rings. The molecule has 0 saturated carbocycles. The zero-order valence-corrected chi connectivity index (χ0v) is 17.8. The molecule has 0 aliphatic carbocycles. The molecular weight excluding hydrogens is 366 g/mol. The van der Waals surface area contributed by atoms with Gasteiger partial charge in [-0.2, -0.15) is 5.10 Å². The topological polar surface area (TPSA) is 80.1 Å². The van der Waals surface area contributed by atoms with Gasteiger partial charge in [-0.15, -0.1) is 0 Å². The van der Waals surface area contributed by atoms with Crippen LogP contribution < -0.4 is 5.32 Å². The minimum absolute atomic E-state index is 0.0270. The number of aromatic nitrogens is 3. The first-order valence-electron chi connectivity index (χ1n) is 10.4. The van der Waals surface area contributed by atoms with Gasteiger partial charge < -0.3 is 10.2 Å². The molecule has 0 radical (unpaired) electrons. The zero-order valence-electron chi connectivity index (χ0n) is 17.8. The lowest BCUT2D eigenvalue weighted by Crippen LogP contribution is -2.46. The Morgan fingerprint density at radius 3 is 2.45 bits per heavy atom. The van der Waals surface area contributed by atoms with E-state index >= 15 is 0 Å². The van der Waals surface area contributed by atoms with Gasteiger partial charge in [-0.1, -0.05) is 13.8 Å². The summed E-state index contributed by atoms with van der Waals surface area (Å²) in [5.41, 5.74) is 3.68. The molecule has 156 valence electrons. The van der Waals surface area contributed by atoms with Gasteiger partial charge in [0.15, 0.2) is 0 Å². The van der Waals surface area contributed by atoms with Gasteiger partial charge in [-0.05, 0) is 44.7 Å². The molecule has 1 N–H and O–H groups in total. The summed E-state index contributed by atoms with van der Waals surface area (Å²) in [7, 11) is 0. The number of piperidine rings is 1. The number of hydrogen-bond acceptors (Lipinski definition) is 4. The maximum absolute atomic E-state index is 12.6. The summed E-state index contributed by atoms with van der Waals surface area (Å²) in [6.45, 7) is 10.5. The number of nitrogens with one attached hydrogen (secondary N) is 1. The Balaban J connectivity index is 1.51. The molecule has 2 amide bonds. The van der Waals surface area contributed by atoms with Crippen LogP contribution >= 0.6 is 0 Å². The first-order chi connectivity index (χ1) is 13.8. The van der Waals surface area contributed by atoms with Crippen molar-refractivity contribution in [2.24, 2.45) is 5.92 Å². The van der Waals surface area contributed by atoms with Crippen molar-refractivity contribution in [1.29, 1.82) is 0 Å². The van der Waals surface area contributed by atoms with Gasteiger partial charge in [-0.3, -0.25) is 19.3 Å². The number of nitrogens with zero attached hydrogens (tertiary/aromatic N) is 4. The lowest BCUT2D eigenvalue weighted by atomic mass is 10.0. The minimum atomic E-state index is 0.0270. The molecule has 0 aromatic carbocycles. The number of hydrogen-bond donors (Lipinski definition) is 1. The Morgan fingerprint density at radius 1 is 1.17 bits per heavy atom. The van der Waals surface area contributed by atoms with E-state index in [9.17, 15) is 9.59 Å². The summed E-state index contributed by atoms with van der Waals surface area (Å²) in [6, 6.07) is 3.58. The first kappa shape index (κ1) is 21.0. The SMILES string of the molecule is Cc1nn(CC(C)C)c(C)c1CC(=O)NC1CCN(C(=O)c2ccncc2)CC1. The van der Waals surface area contributed by atoms with Crippen molar-refractivity contribution < 1.29 is 9.59 Å². The van der Waals surface area contributed by atoms with Gasteiger partial charge in [-0.25, -0.2) is 0 Å². The highest BCUT2D eigenvalue weighted by molar-refractivity contribution is 5.94. The van der Waals surface area contributed by atoms with Gasteiger partial charge in [0.05, 0.1) is 12.1 Å². The summed E-state index contributed by atoms with van der Waals surface area (Å²) >= 11 is 0. The Labute approximate surface area is 172 Å². The van der Waals surface area contributed by atoms with Gasteiger partial charge >= 0.3 is 0 Å². The smallest absolute Gasteiger partial charge is 0.253 e. The van der Waals surface area contributed by atoms with Crippen LogP contribution in [0.2, 0.25) is 0 Å². The first-order valence-corrected chi connectivity index (χ1v) is 10.4. The number of likely N-dealkylation sites (tertiary alicyclic amines) is 1. The van der Waals surface area contributed by atoms with E-state index in [0.29, 0.717) is 31.0 Å². The van der Waals surface area contributed by atoms with E-state index < -0.39 is 0 Å². The summed E-state index contributed by atoms with van der Waals surface area (Å²) in [5, 5.41) is 7.74. The van der Waals surface area contributed by atoms with Crippen LogP contribution in [0.5, 0.6) is 0 Å². The van der Waals surface area contributed by atoms with Crippen molar-refractivity contribution in [3.8, 4) is 0 Å². The molecule has 2 aromatic heterocycles. The molecule has 0 atom stereocenters. The van der Waals surface area contributed by atoms with Crippen molar-refractivity contribution in [3.63, 3.8) is 0 Å². The average Bonchev–Trinajstić information content (AvgIpc) is 2.95. The Bertz CT molecular complexity index is 852. The number of carbonyl (C=O) groups is 2. The van der Waals surface area contributed by atoms with Crippen molar-refractivity contribution in [1.82, 2.24) is 25.0 Å². The fourth-order valence-corrected chi connectivity index (χ4v) is 3.86. The number of amides is 2. The lowest BCUT2D eigenvalue weighted by Gasteiger charge is -2.32. The monoisotopic (exact) mass is 397 g/mol. The van der Waals surface area contributed by atoms with Crippen LogP contribution in [0.25, 0.3) is 0 Å². The second kappa shape index (κ2) is 9.20. The predicted molar refractivity (Wildman–Crippen MR) is 112 cm³/mol. The largest absolute Gasteiger partial charge is 0.353 e. The van der Waals surface area contributed by atoms with Crippen LogP contribution in [0, 0.1) is 19.8 Å². The van der Waals surface area contributed by atoms with Crippen LogP contribution in [-0.2, 0) is 17.8 Å².